The van der Waals surface area contributed by atoms with Crippen LogP contribution in [-0.2, 0) is 0 Å². The Kier molecular flexibility index (Phi) is 2.97. The average molecular weight is 119 g/mol. The van der Waals surface area contributed by atoms with E-state index in [-0.39, 0.29) is 6.04 Å². The van der Waals surface area contributed by atoms with Crippen molar-refractivity contribution in [2.24, 2.45) is 5.73 Å². The SMILES string of the molecule is CC(O)C(O)[C@@H](C)N. The van der Waals surface area contributed by atoms with Crippen molar-refractivity contribution in [2.45, 2.75) is 32.1 Å². The zero-order chi connectivity index (χ0) is 6.73. The third kappa shape index (κ3) is 2.26. The molecule has 0 bridgehead atoms. The van der Waals surface area contributed by atoms with Gasteiger partial charge in [0.15, 0.2) is 0 Å². The molecule has 3 nitrogen and oxygen atoms in total. The van der Waals surface area contributed by atoms with E-state index in [0.29, 0.717) is 0 Å². The minimum atomic E-state index is -0.796. The minimum Gasteiger partial charge on any atom is -0.391 e. The van der Waals surface area contributed by atoms with Gasteiger partial charge in [0.25, 0.3) is 0 Å². The molecule has 4 N–H and O–H groups in total. The Labute approximate surface area is 49.1 Å². The summed E-state index contributed by atoms with van der Waals surface area (Å²) in [6.45, 7) is 3.16. The highest BCUT2D eigenvalue weighted by Crippen LogP contribution is 1.94. The summed E-state index contributed by atoms with van der Waals surface area (Å²) in [5.74, 6) is 0. The van der Waals surface area contributed by atoms with Crippen LogP contribution < -0.4 is 5.73 Å². The highest BCUT2D eigenvalue weighted by molar-refractivity contribution is 4.70. The molecule has 0 aromatic carbocycles. The van der Waals surface area contributed by atoms with Crippen molar-refractivity contribution in [3.63, 3.8) is 0 Å². The largest absolute Gasteiger partial charge is 0.391 e. The molecule has 0 aliphatic carbocycles. The van der Waals surface area contributed by atoms with Gasteiger partial charge in [0.1, 0.15) is 0 Å². The summed E-state index contributed by atoms with van der Waals surface area (Å²) >= 11 is 0. The normalized spacial score (nSPS) is 22.1. The fraction of sp³-hybridized carbons (Fsp3) is 1.00. The molecule has 0 spiro atoms. The van der Waals surface area contributed by atoms with Crippen LogP contribution in [0.2, 0.25) is 0 Å². The summed E-state index contributed by atoms with van der Waals surface area (Å²) in [6, 6.07) is -0.352. The second-order valence-electron chi connectivity index (χ2n) is 2.09. The molecule has 0 aromatic rings. The molecular formula is C5H13NO2. The number of aliphatic hydroxyl groups excluding tert-OH is 2. The topological polar surface area (TPSA) is 66.5 Å². The maximum absolute atomic E-state index is 8.83. The molecule has 2 unspecified atom stereocenters. The third-order valence-electron chi connectivity index (χ3n) is 1.03. The van der Waals surface area contributed by atoms with Crippen LogP contribution in [0, 0.1) is 0 Å². The van der Waals surface area contributed by atoms with E-state index in [4.69, 9.17) is 15.9 Å². The van der Waals surface area contributed by atoms with E-state index in [9.17, 15) is 0 Å². The number of nitrogens with two attached hydrogens (primary N) is 1. The Hall–Kier alpha value is -0.120. The molecule has 8 heavy (non-hydrogen) atoms. The first-order valence-electron chi connectivity index (χ1n) is 2.67. The molecule has 50 valence electrons. The van der Waals surface area contributed by atoms with E-state index < -0.39 is 12.2 Å². The summed E-state index contributed by atoms with van der Waals surface area (Å²) in [5, 5.41) is 17.5. The lowest BCUT2D eigenvalue weighted by Gasteiger charge is -2.16. The third-order valence-corrected chi connectivity index (χ3v) is 1.03. The van der Waals surface area contributed by atoms with Crippen LogP contribution in [-0.4, -0.2) is 28.5 Å². The zero-order valence-electron chi connectivity index (χ0n) is 5.20. The van der Waals surface area contributed by atoms with Crippen LogP contribution in [0.4, 0.5) is 0 Å². The van der Waals surface area contributed by atoms with Crippen LogP contribution >= 0.6 is 0 Å². The van der Waals surface area contributed by atoms with E-state index >= 15 is 0 Å². The van der Waals surface area contributed by atoms with Crippen molar-refractivity contribution < 1.29 is 10.2 Å². The molecule has 0 aliphatic heterocycles. The van der Waals surface area contributed by atoms with Crippen molar-refractivity contribution in [3.05, 3.63) is 0 Å². The van der Waals surface area contributed by atoms with Gasteiger partial charge in [-0.15, -0.1) is 0 Å². The minimum absolute atomic E-state index is 0.352. The van der Waals surface area contributed by atoms with E-state index in [0.717, 1.165) is 0 Å². The summed E-state index contributed by atoms with van der Waals surface area (Å²) in [7, 11) is 0. The fourth-order valence-electron chi connectivity index (χ4n) is 0.439. The van der Waals surface area contributed by atoms with Gasteiger partial charge in [-0.3, -0.25) is 0 Å². The van der Waals surface area contributed by atoms with Crippen molar-refractivity contribution >= 4 is 0 Å². The first-order chi connectivity index (χ1) is 3.55. The van der Waals surface area contributed by atoms with Gasteiger partial charge in [-0.25, -0.2) is 0 Å². The second-order valence-corrected chi connectivity index (χ2v) is 2.09. The maximum Gasteiger partial charge on any atom is 0.0943 e. The zero-order valence-corrected chi connectivity index (χ0v) is 5.20. The van der Waals surface area contributed by atoms with E-state index in [1.165, 1.54) is 6.92 Å². The van der Waals surface area contributed by atoms with Gasteiger partial charge in [0, 0.05) is 6.04 Å². The summed E-state index contributed by atoms with van der Waals surface area (Å²) < 4.78 is 0. The van der Waals surface area contributed by atoms with Gasteiger partial charge >= 0.3 is 0 Å². The molecule has 0 radical (unpaired) electrons. The van der Waals surface area contributed by atoms with E-state index in [2.05, 4.69) is 0 Å². The fourth-order valence-corrected chi connectivity index (χ4v) is 0.439. The Morgan fingerprint density at radius 2 is 1.62 bits per heavy atom. The molecule has 0 saturated heterocycles. The Morgan fingerprint density at radius 1 is 1.25 bits per heavy atom. The lowest BCUT2D eigenvalue weighted by atomic mass is 10.1. The lowest BCUT2D eigenvalue weighted by molar-refractivity contribution is 0.0188. The number of rotatable bonds is 2. The Bertz CT molecular complexity index is 55.4. The number of hydrogen-bond acceptors (Lipinski definition) is 3. The van der Waals surface area contributed by atoms with Crippen molar-refractivity contribution in [1.82, 2.24) is 0 Å². The average Bonchev–Trinajstić information content (AvgIpc) is 1.64. The van der Waals surface area contributed by atoms with E-state index in [1.54, 1.807) is 6.92 Å². The molecule has 0 aromatic heterocycles. The maximum atomic E-state index is 8.83. The van der Waals surface area contributed by atoms with Crippen molar-refractivity contribution in [2.75, 3.05) is 0 Å². The second kappa shape index (κ2) is 3.02. The van der Waals surface area contributed by atoms with E-state index in [1.807, 2.05) is 0 Å². The quantitative estimate of drug-likeness (QED) is 0.440. The first-order valence-corrected chi connectivity index (χ1v) is 2.67. The summed E-state index contributed by atoms with van der Waals surface area (Å²) in [5.41, 5.74) is 5.23. The summed E-state index contributed by atoms with van der Waals surface area (Å²) in [6.07, 6.45) is -1.52. The highest BCUT2D eigenvalue weighted by Gasteiger charge is 2.14. The summed E-state index contributed by atoms with van der Waals surface area (Å²) in [4.78, 5) is 0. The van der Waals surface area contributed by atoms with Gasteiger partial charge < -0.3 is 15.9 Å². The van der Waals surface area contributed by atoms with Gasteiger partial charge in [-0.1, -0.05) is 0 Å². The number of hydrogen-bond donors (Lipinski definition) is 3. The predicted octanol–water partition coefficient (Wildman–Crippen LogP) is -0.925. The molecule has 0 rings (SSSR count). The van der Waals surface area contributed by atoms with Crippen LogP contribution in [0.3, 0.4) is 0 Å². The first kappa shape index (κ1) is 7.88. The monoisotopic (exact) mass is 119 g/mol. The highest BCUT2D eigenvalue weighted by atomic mass is 16.3. The molecule has 0 aliphatic rings. The van der Waals surface area contributed by atoms with Crippen LogP contribution in [0.1, 0.15) is 13.8 Å². The lowest BCUT2D eigenvalue weighted by Crippen LogP contribution is -2.39. The smallest absolute Gasteiger partial charge is 0.0943 e. The van der Waals surface area contributed by atoms with Crippen LogP contribution in [0.25, 0.3) is 0 Å². The van der Waals surface area contributed by atoms with Crippen molar-refractivity contribution in [3.8, 4) is 0 Å². The standard InChI is InChI=1S/C5H13NO2/c1-3(6)5(8)4(2)7/h3-5,7-8H,6H2,1-2H3/t3-,4?,5?/m1/s1. The molecule has 3 atom stereocenters. The van der Waals surface area contributed by atoms with Gasteiger partial charge in [-0.05, 0) is 13.8 Å². The number of aliphatic hydroxyl groups is 2. The Balaban J connectivity index is 3.46. The van der Waals surface area contributed by atoms with Crippen molar-refractivity contribution in [1.29, 1.82) is 0 Å². The Morgan fingerprint density at radius 3 is 1.62 bits per heavy atom. The van der Waals surface area contributed by atoms with Gasteiger partial charge in [0.05, 0.1) is 12.2 Å². The van der Waals surface area contributed by atoms with Crippen LogP contribution in [0.15, 0.2) is 0 Å². The molecule has 3 heteroatoms. The molecule has 0 heterocycles. The van der Waals surface area contributed by atoms with Gasteiger partial charge in [0.2, 0.25) is 0 Å². The molecule has 0 fully saturated rings. The molecule has 0 saturated carbocycles. The van der Waals surface area contributed by atoms with Crippen LogP contribution in [0.5, 0.6) is 0 Å². The predicted molar refractivity (Wildman–Crippen MR) is 31.3 cm³/mol. The molecular weight excluding hydrogens is 106 g/mol. The van der Waals surface area contributed by atoms with Gasteiger partial charge in [-0.2, -0.15) is 0 Å². The molecule has 0 amide bonds.